The third-order valence-corrected chi connectivity index (χ3v) is 3.27. The van der Waals surface area contributed by atoms with Gasteiger partial charge in [0.05, 0.1) is 0 Å². The van der Waals surface area contributed by atoms with Crippen LogP contribution in [-0.2, 0) is 6.54 Å². The summed E-state index contributed by atoms with van der Waals surface area (Å²) in [5, 5.41) is 3.16. The molecule has 0 aromatic heterocycles. The van der Waals surface area contributed by atoms with Crippen molar-refractivity contribution < 1.29 is 8.78 Å². The highest BCUT2D eigenvalue weighted by Gasteiger charge is 2.15. The van der Waals surface area contributed by atoms with Crippen LogP contribution in [0.15, 0.2) is 12.1 Å². The molecule has 21 heavy (non-hydrogen) atoms. The van der Waals surface area contributed by atoms with Gasteiger partial charge in [0.25, 0.3) is 0 Å². The molecule has 0 radical (unpaired) electrons. The Kier molecular flexibility index (Phi) is 7.05. The highest BCUT2D eigenvalue weighted by molar-refractivity contribution is 5.50. The van der Waals surface area contributed by atoms with Crippen molar-refractivity contribution in [3.8, 4) is 0 Å². The van der Waals surface area contributed by atoms with Crippen molar-refractivity contribution in [2.45, 2.75) is 32.9 Å². The van der Waals surface area contributed by atoms with Crippen LogP contribution < -0.4 is 10.2 Å². The lowest BCUT2D eigenvalue weighted by atomic mass is 10.1. The van der Waals surface area contributed by atoms with Gasteiger partial charge in [-0.1, -0.05) is 13.8 Å². The minimum absolute atomic E-state index is 0.0575. The number of benzene rings is 1. The minimum Gasteiger partial charge on any atom is -0.370 e. The molecule has 0 saturated carbocycles. The molecule has 0 aliphatic carbocycles. The molecule has 1 N–H and O–H groups in total. The molecule has 1 aromatic carbocycles. The Balaban J connectivity index is 2.74. The first-order valence-electron chi connectivity index (χ1n) is 7.38. The molecule has 0 spiro atoms. The lowest BCUT2D eigenvalue weighted by Crippen LogP contribution is -2.25. The second-order valence-corrected chi connectivity index (χ2v) is 6.02. The number of anilines is 1. The van der Waals surface area contributed by atoms with Gasteiger partial charge in [-0.3, -0.25) is 0 Å². The van der Waals surface area contributed by atoms with Crippen LogP contribution in [0.3, 0.4) is 0 Å². The summed E-state index contributed by atoms with van der Waals surface area (Å²) in [7, 11) is 5.69. The quantitative estimate of drug-likeness (QED) is 0.796. The average Bonchev–Trinajstić information content (AvgIpc) is 2.35. The Morgan fingerprint density at radius 3 is 2.10 bits per heavy atom. The van der Waals surface area contributed by atoms with E-state index in [-0.39, 0.29) is 11.7 Å². The summed E-state index contributed by atoms with van der Waals surface area (Å²) < 4.78 is 28.3. The van der Waals surface area contributed by atoms with Crippen LogP contribution in [-0.4, -0.2) is 45.2 Å². The van der Waals surface area contributed by atoms with Crippen molar-refractivity contribution in [1.82, 2.24) is 10.2 Å². The molecule has 0 aliphatic heterocycles. The van der Waals surface area contributed by atoms with Crippen LogP contribution in [0.25, 0.3) is 0 Å². The lowest BCUT2D eigenvalue weighted by Gasteiger charge is -2.22. The predicted octanol–water partition coefficient (Wildman–Crippen LogP) is 2.85. The largest absolute Gasteiger partial charge is 0.370 e. The van der Waals surface area contributed by atoms with Crippen LogP contribution in [0, 0.1) is 11.6 Å². The summed E-state index contributed by atoms with van der Waals surface area (Å²) in [6, 6.07) is 3.11. The van der Waals surface area contributed by atoms with E-state index in [0.717, 1.165) is 13.0 Å². The molecule has 3 nitrogen and oxygen atoms in total. The number of nitrogens with zero attached hydrogens (tertiary/aromatic N) is 2. The molecule has 0 bridgehead atoms. The van der Waals surface area contributed by atoms with Crippen molar-refractivity contribution in [3.63, 3.8) is 0 Å². The van der Waals surface area contributed by atoms with Crippen LogP contribution >= 0.6 is 0 Å². The van der Waals surface area contributed by atoms with Gasteiger partial charge in [0.1, 0.15) is 17.3 Å². The fraction of sp³-hybridized carbons (Fsp3) is 0.625. The van der Waals surface area contributed by atoms with E-state index in [2.05, 4.69) is 10.2 Å². The molecular weight excluding hydrogens is 272 g/mol. The van der Waals surface area contributed by atoms with Crippen molar-refractivity contribution >= 4 is 5.69 Å². The summed E-state index contributed by atoms with van der Waals surface area (Å²) in [6.45, 7) is 5.98. The Bertz CT molecular complexity index is 424. The van der Waals surface area contributed by atoms with E-state index in [0.29, 0.717) is 18.7 Å². The maximum absolute atomic E-state index is 14.2. The SMILES string of the molecule is CC(C)NCc1cc(F)c(N(C)CCCN(C)C)c(F)c1. The lowest BCUT2D eigenvalue weighted by molar-refractivity contribution is 0.401. The second-order valence-electron chi connectivity index (χ2n) is 6.02. The first-order chi connectivity index (χ1) is 9.81. The average molecular weight is 299 g/mol. The van der Waals surface area contributed by atoms with Crippen LogP contribution in [0.2, 0.25) is 0 Å². The van der Waals surface area contributed by atoms with E-state index in [9.17, 15) is 8.78 Å². The normalized spacial score (nSPS) is 11.5. The number of hydrogen-bond donors (Lipinski definition) is 1. The van der Waals surface area contributed by atoms with Crippen LogP contribution in [0.4, 0.5) is 14.5 Å². The first kappa shape index (κ1) is 17.9. The second kappa shape index (κ2) is 8.29. The Morgan fingerprint density at radius 1 is 1.05 bits per heavy atom. The van der Waals surface area contributed by atoms with Crippen molar-refractivity contribution in [1.29, 1.82) is 0 Å². The summed E-state index contributed by atoms with van der Waals surface area (Å²) in [6.07, 6.45) is 0.860. The van der Waals surface area contributed by atoms with Crippen molar-refractivity contribution in [2.75, 3.05) is 39.1 Å². The topological polar surface area (TPSA) is 18.5 Å². The van der Waals surface area contributed by atoms with Gasteiger partial charge in [0.15, 0.2) is 0 Å². The van der Waals surface area contributed by atoms with E-state index in [1.165, 1.54) is 12.1 Å². The van der Waals surface area contributed by atoms with E-state index in [1.54, 1.807) is 11.9 Å². The van der Waals surface area contributed by atoms with Gasteiger partial charge in [-0.2, -0.15) is 0 Å². The maximum Gasteiger partial charge on any atom is 0.149 e. The Morgan fingerprint density at radius 2 is 1.62 bits per heavy atom. The zero-order valence-electron chi connectivity index (χ0n) is 13.7. The van der Waals surface area contributed by atoms with E-state index in [1.807, 2.05) is 27.9 Å². The van der Waals surface area contributed by atoms with Gasteiger partial charge in [0.2, 0.25) is 0 Å². The van der Waals surface area contributed by atoms with Gasteiger partial charge >= 0.3 is 0 Å². The number of halogens is 2. The fourth-order valence-corrected chi connectivity index (χ4v) is 2.14. The molecule has 0 unspecified atom stereocenters. The maximum atomic E-state index is 14.2. The monoisotopic (exact) mass is 299 g/mol. The van der Waals surface area contributed by atoms with Crippen molar-refractivity contribution in [2.24, 2.45) is 0 Å². The van der Waals surface area contributed by atoms with Gasteiger partial charge in [-0.05, 0) is 44.8 Å². The minimum atomic E-state index is -0.497. The molecule has 1 aromatic rings. The van der Waals surface area contributed by atoms with Crippen molar-refractivity contribution in [3.05, 3.63) is 29.3 Å². The highest BCUT2D eigenvalue weighted by Crippen LogP contribution is 2.24. The number of hydrogen-bond acceptors (Lipinski definition) is 3. The zero-order valence-corrected chi connectivity index (χ0v) is 13.7. The smallest absolute Gasteiger partial charge is 0.149 e. The first-order valence-corrected chi connectivity index (χ1v) is 7.38. The summed E-state index contributed by atoms with van der Waals surface area (Å²) in [4.78, 5) is 3.70. The molecule has 1 rings (SSSR count). The third kappa shape index (κ3) is 5.98. The van der Waals surface area contributed by atoms with E-state index >= 15 is 0 Å². The summed E-state index contributed by atoms with van der Waals surface area (Å²) >= 11 is 0. The van der Waals surface area contributed by atoms with Gasteiger partial charge in [-0.25, -0.2) is 8.78 Å². The molecule has 0 aliphatic rings. The fourth-order valence-electron chi connectivity index (χ4n) is 2.14. The zero-order chi connectivity index (χ0) is 16.0. The molecule has 0 heterocycles. The molecule has 5 heteroatoms. The molecule has 0 amide bonds. The van der Waals surface area contributed by atoms with Gasteiger partial charge in [-0.15, -0.1) is 0 Å². The summed E-state index contributed by atoms with van der Waals surface area (Å²) in [5.41, 5.74) is 0.686. The Labute approximate surface area is 126 Å². The number of nitrogens with one attached hydrogen (secondary N) is 1. The standard InChI is InChI=1S/C16H27F2N3/c1-12(2)19-11-13-9-14(17)16(15(18)10-13)21(5)8-6-7-20(3)4/h9-10,12,19H,6-8,11H2,1-5H3. The van der Waals surface area contributed by atoms with Crippen LogP contribution in [0.1, 0.15) is 25.8 Å². The van der Waals surface area contributed by atoms with Crippen LogP contribution in [0.5, 0.6) is 0 Å². The predicted molar refractivity (Wildman–Crippen MR) is 84.8 cm³/mol. The molecule has 0 atom stereocenters. The molecule has 0 fully saturated rings. The highest BCUT2D eigenvalue weighted by atomic mass is 19.1. The number of rotatable bonds is 8. The van der Waals surface area contributed by atoms with E-state index in [4.69, 9.17) is 0 Å². The van der Waals surface area contributed by atoms with Gasteiger partial charge in [0, 0.05) is 26.2 Å². The van der Waals surface area contributed by atoms with E-state index < -0.39 is 11.6 Å². The Hall–Kier alpha value is -1.20. The summed E-state index contributed by atoms with van der Waals surface area (Å²) in [5.74, 6) is -0.995. The molecule has 120 valence electrons. The van der Waals surface area contributed by atoms with Gasteiger partial charge < -0.3 is 15.1 Å². The third-order valence-electron chi connectivity index (χ3n) is 3.27. The molecular formula is C16H27F2N3. The molecule has 0 saturated heterocycles.